The first-order valence-corrected chi connectivity index (χ1v) is 13.4. The van der Waals surface area contributed by atoms with Crippen molar-refractivity contribution >= 4 is 46.5 Å². The van der Waals surface area contributed by atoms with E-state index >= 15 is 0 Å². The number of fused-ring (bicyclic) bond motifs is 2. The Bertz CT molecular complexity index is 1590. The van der Waals surface area contributed by atoms with E-state index in [1.165, 1.54) is 25.6 Å². The van der Waals surface area contributed by atoms with Crippen LogP contribution in [-0.4, -0.2) is 15.0 Å². The molecule has 4 aromatic carbocycles. The van der Waals surface area contributed by atoms with Crippen LogP contribution in [0.15, 0.2) is 138 Å². The van der Waals surface area contributed by atoms with Gasteiger partial charge in [-0.2, -0.15) is 0 Å². The van der Waals surface area contributed by atoms with Gasteiger partial charge >= 0.3 is 206 Å². The van der Waals surface area contributed by atoms with Gasteiger partial charge in [-0.15, -0.1) is 0 Å². The Hall–Kier alpha value is -3.97. The summed E-state index contributed by atoms with van der Waals surface area (Å²) in [5.41, 5.74) is 6.98. The molecule has 0 saturated heterocycles. The van der Waals surface area contributed by atoms with E-state index in [-0.39, 0.29) is 0 Å². The fraction of sp³-hybridized carbons (Fsp3) is 0. The van der Waals surface area contributed by atoms with Crippen molar-refractivity contribution in [3.05, 3.63) is 150 Å². The Balaban J connectivity index is 1.43. The van der Waals surface area contributed by atoms with E-state index in [0.717, 1.165) is 27.9 Å². The molecular weight excluding hydrogens is 491 g/mol. The molecule has 6 rings (SSSR count). The summed E-state index contributed by atoms with van der Waals surface area (Å²) < 4.78 is 9.07. The maximum absolute atomic E-state index is 6.24. The van der Waals surface area contributed by atoms with E-state index in [0.29, 0.717) is 15.0 Å². The van der Waals surface area contributed by atoms with Gasteiger partial charge in [0, 0.05) is 0 Å². The van der Waals surface area contributed by atoms with E-state index in [1.54, 1.807) is 0 Å². The van der Waals surface area contributed by atoms with Crippen LogP contribution >= 0.6 is 0 Å². The average molecular weight is 515 g/mol. The number of rotatable bonds is 4. The molecule has 0 saturated carbocycles. The van der Waals surface area contributed by atoms with E-state index in [2.05, 4.69) is 109 Å². The van der Waals surface area contributed by atoms with Crippen molar-refractivity contribution in [1.82, 2.24) is 0 Å². The van der Waals surface area contributed by atoms with Crippen LogP contribution in [0, 0.1) is 0 Å². The third-order valence-electron chi connectivity index (χ3n) is 6.08. The van der Waals surface area contributed by atoms with Crippen LogP contribution in [0.1, 0.15) is 16.7 Å². The summed E-state index contributed by atoms with van der Waals surface area (Å²) in [5, 5.41) is 1.11. The topological polar surface area (TPSA) is 11.3 Å². The van der Waals surface area contributed by atoms with Crippen molar-refractivity contribution in [1.29, 1.82) is 0 Å². The number of hydrogen-bond donors (Lipinski definition) is 0. The zero-order chi connectivity index (χ0) is 23.5. The zero-order valence-electron chi connectivity index (χ0n) is 19.1. The Morgan fingerprint density at radius 3 is 2.17 bits per heavy atom. The van der Waals surface area contributed by atoms with Crippen molar-refractivity contribution in [2.24, 2.45) is 0 Å². The summed E-state index contributed by atoms with van der Waals surface area (Å²) in [6.07, 6.45) is 8.95. The molecule has 2 heterocycles. The first kappa shape index (κ1) is 21.6. The molecule has 35 heavy (non-hydrogen) atoms. The van der Waals surface area contributed by atoms with Crippen LogP contribution in [-0.2, 0) is 0 Å². The Kier molecular flexibility index (Phi) is 5.99. The number of hydrogen-bond acceptors (Lipinski definition) is 0. The van der Waals surface area contributed by atoms with E-state index in [1.807, 2.05) is 30.3 Å². The summed E-state index contributed by atoms with van der Waals surface area (Å²) in [6, 6.07) is 40.1. The molecule has 0 spiro atoms. The van der Waals surface area contributed by atoms with E-state index < -0.39 is 0 Å². The van der Waals surface area contributed by atoms with Gasteiger partial charge in [0.25, 0.3) is 0 Å². The monoisotopic (exact) mass is 515 g/mol. The SMILES string of the molecule is C1=C(c2ccccc2)[Se]c2ccccc2/C1=C/C=C/c1cc(-c2ccccc2)[o+]c2ccccc12. The van der Waals surface area contributed by atoms with Gasteiger partial charge in [-0.05, 0) is 0 Å². The molecule has 0 amide bonds. The third-order valence-corrected chi connectivity index (χ3v) is 8.49. The number of allylic oxidation sites excluding steroid dienone is 4. The molecule has 5 aromatic rings. The second kappa shape index (κ2) is 9.72. The maximum atomic E-state index is 6.24. The Morgan fingerprint density at radius 1 is 0.657 bits per heavy atom. The summed E-state index contributed by atoms with van der Waals surface area (Å²) in [4.78, 5) is 0. The summed E-state index contributed by atoms with van der Waals surface area (Å²) in [5.74, 6) is 0.869. The molecule has 0 N–H and O–H groups in total. The van der Waals surface area contributed by atoms with Gasteiger partial charge in [-0.3, -0.25) is 0 Å². The molecule has 0 unspecified atom stereocenters. The van der Waals surface area contributed by atoms with E-state index in [9.17, 15) is 0 Å². The number of para-hydroxylation sites is 1. The van der Waals surface area contributed by atoms with Crippen molar-refractivity contribution in [2.75, 3.05) is 0 Å². The van der Waals surface area contributed by atoms with E-state index in [4.69, 9.17) is 4.42 Å². The Morgan fingerprint density at radius 2 is 1.34 bits per heavy atom. The molecule has 0 aliphatic carbocycles. The first-order valence-electron chi connectivity index (χ1n) is 11.7. The van der Waals surface area contributed by atoms with Gasteiger partial charge in [0.1, 0.15) is 0 Å². The van der Waals surface area contributed by atoms with Gasteiger partial charge < -0.3 is 0 Å². The molecule has 0 fully saturated rings. The summed E-state index contributed by atoms with van der Waals surface area (Å²) in [7, 11) is 0. The van der Waals surface area contributed by atoms with Crippen molar-refractivity contribution < 1.29 is 4.42 Å². The average Bonchev–Trinajstić information content (AvgIpc) is 2.93. The van der Waals surface area contributed by atoms with Crippen LogP contribution in [0.5, 0.6) is 0 Å². The predicted octanol–water partition coefficient (Wildman–Crippen LogP) is 7.86. The molecule has 1 aliphatic rings. The molecule has 0 radical (unpaired) electrons. The first-order chi connectivity index (χ1) is 17.3. The molecule has 2 heteroatoms. The summed E-state index contributed by atoms with van der Waals surface area (Å²) in [6.45, 7) is 0. The fourth-order valence-electron chi connectivity index (χ4n) is 4.34. The quantitative estimate of drug-likeness (QED) is 0.176. The molecule has 1 nitrogen and oxygen atoms in total. The number of benzene rings is 4. The standard InChI is InChI=1S/C33H23OSe/c1-3-12-24(13-4-1)31-22-26(28-18-7-9-20-30(28)34-31)16-11-17-27-23-33(25-14-5-2-6-15-25)35-32-21-10-8-19-29(27)32/h1-23H/q+1/b16-11+,27-17+. The molecule has 0 bridgehead atoms. The van der Waals surface area contributed by atoms with Crippen molar-refractivity contribution in [3.63, 3.8) is 0 Å². The zero-order valence-corrected chi connectivity index (χ0v) is 20.8. The molecule has 166 valence electrons. The normalized spacial score (nSPS) is 14.3. The van der Waals surface area contributed by atoms with Crippen LogP contribution in [0.25, 0.3) is 38.4 Å². The molecule has 1 aromatic heterocycles. The van der Waals surface area contributed by atoms with Gasteiger partial charge in [0.2, 0.25) is 0 Å². The molecular formula is C33H23OSe+. The predicted molar refractivity (Wildman–Crippen MR) is 149 cm³/mol. The molecule has 1 aliphatic heterocycles. The third kappa shape index (κ3) is 4.55. The van der Waals surface area contributed by atoms with Crippen LogP contribution in [0.2, 0.25) is 0 Å². The second-order valence-corrected chi connectivity index (χ2v) is 10.7. The molecule has 0 atom stereocenters. The van der Waals surface area contributed by atoms with Crippen LogP contribution in [0.3, 0.4) is 0 Å². The van der Waals surface area contributed by atoms with Crippen LogP contribution in [0.4, 0.5) is 0 Å². The minimum atomic E-state index is 0.292. The van der Waals surface area contributed by atoms with Crippen molar-refractivity contribution in [3.8, 4) is 11.3 Å². The van der Waals surface area contributed by atoms with Gasteiger partial charge in [-0.1, -0.05) is 6.07 Å². The Labute approximate surface area is 211 Å². The van der Waals surface area contributed by atoms with Gasteiger partial charge in [0.15, 0.2) is 0 Å². The minimum absolute atomic E-state index is 0.292. The second-order valence-electron chi connectivity index (χ2n) is 8.38. The van der Waals surface area contributed by atoms with Gasteiger partial charge in [-0.25, -0.2) is 0 Å². The van der Waals surface area contributed by atoms with Crippen LogP contribution < -0.4 is 4.46 Å². The fourth-order valence-corrected chi connectivity index (χ4v) is 6.69. The summed E-state index contributed by atoms with van der Waals surface area (Å²) >= 11 is 0.292. The van der Waals surface area contributed by atoms with Gasteiger partial charge in [0.05, 0.1) is 0 Å². The van der Waals surface area contributed by atoms with Crippen molar-refractivity contribution in [2.45, 2.75) is 0 Å².